The molecule has 3 aromatic rings. The summed E-state index contributed by atoms with van der Waals surface area (Å²) >= 11 is 11.9. The molecule has 0 aliphatic heterocycles. The number of hydrogen-bond acceptors (Lipinski definition) is 4. The number of sulfonamides is 1. The number of halogens is 2. The molecule has 0 aliphatic rings. The van der Waals surface area contributed by atoms with Crippen LogP contribution in [0.3, 0.4) is 0 Å². The Balaban J connectivity index is 1.98. The van der Waals surface area contributed by atoms with Gasteiger partial charge in [0.25, 0.3) is 10.0 Å². The molecule has 0 saturated heterocycles. The molecule has 0 fully saturated rings. The number of para-hydroxylation sites is 2. The minimum atomic E-state index is -4.05. The molecule has 31 heavy (non-hydrogen) atoms. The first-order valence-electron chi connectivity index (χ1n) is 9.37. The Hall–Kier alpha value is -2.74. The lowest BCUT2D eigenvalue weighted by Crippen LogP contribution is -2.38. The molecule has 3 rings (SSSR count). The Bertz CT molecular complexity index is 1170. The normalized spacial score (nSPS) is 11.1. The first-order valence-corrected chi connectivity index (χ1v) is 11.6. The van der Waals surface area contributed by atoms with Gasteiger partial charge in [0.1, 0.15) is 12.3 Å². The van der Waals surface area contributed by atoms with E-state index in [1.807, 2.05) is 0 Å². The zero-order valence-electron chi connectivity index (χ0n) is 16.6. The molecule has 162 valence electrons. The van der Waals surface area contributed by atoms with E-state index in [1.165, 1.54) is 18.2 Å². The van der Waals surface area contributed by atoms with Crippen LogP contribution in [0.2, 0.25) is 10.0 Å². The maximum absolute atomic E-state index is 13.4. The number of anilines is 2. The fraction of sp³-hybridized carbons (Fsp3) is 0.136. The third-order valence-corrected chi connectivity index (χ3v) is 6.77. The van der Waals surface area contributed by atoms with Crippen molar-refractivity contribution < 1.29 is 17.9 Å². The van der Waals surface area contributed by atoms with Crippen LogP contribution >= 0.6 is 23.2 Å². The average molecular weight is 479 g/mol. The molecule has 0 aromatic heterocycles. The molecule has 0 atom stereocenters. The van der Waals surface area contributed by atoms with Gasteiger partial charge in [0, 0.05) is 5.69 Å². The highest BCUT2D eigenvalue weighted by Crippen LogP contribution is 2.32. The first kappa shape index (κ1) is 22.9. The number of rotatable bonds is 8. The second-order valence-electron chi connectivity index (χ2n) is 6.40. The summed E-state index contributed by atoms with van der Waals surface area (Å²) in [6.07, 6.45) is 0. The summed E-state index contributed by atoms with van der Waals surface area (Å²) in [5, 5.41) is 3.28. The highest BCUT2D eigenvalue weighted by molar-refractivity contribution is 7.92. The Morgan fingerprint density at radius 3 is 2.32 bits per heavy atom. The van der Waals surface area contributed by atoms with Crippen molar-refractivity contribution in [2.24, 2.45) is 0 Å². The van der Waals surface area contributed by atoms with E-state index in [-0.39, 0.29) is 15.6 Å². The third kappa shape index (κ3) is 5.50. The standard InChI is InChI=1S/C22H20Cl2N2O4S/c1-2-30-21-11-7-6-10-20(21)26(31(28,29)17-8-4-3-5-9-17)15-22(27)25-16-12-13-18(23)19(24)14-16/h3-14H,2,15H2,1H3,(H,25,27). The Morgan fingerprint density at radius 2 is 1.65 bits per heavy atom. The molecule has 0 radical (unpaired) electrons. The number of nitrogens with one attached hydrogen (secondary N) is 1. The molecular formula is C22H20Cl2N2O4S. The lowest BCUT2D eigenvalue weighted by Gasteiger charge is -2.26. The predicted octanol–water partition coefficient (Wildman–Crippen LogP) is 5.23. The molecule has 6 nitrogen and oxygen atoms in total. The quantitative estimate of drug-likeness (QED) is 0.480. The van der Waals surface area contributed by atoms with E-state index >= 15 is 0 Å². The zero-order chi connectivity index (χ0) is 22.4. The van der Waals surface area contributed by atoms with Crippen LogP contribution in [0, 0.1) is 0 Å². The van der Waals surface area contributed by atoms with Crippen molar-refractivity contribution in [1.29, 1.82) is 0 Å². The van der Waals surface area contributed by atoms with Gasteiger partial charge in [-0.1, -0.05) is 53.5 Å². The fourth-order valence-electron chi connectivity index (χ4n) is 2.86. The van der Waals surface area contributed by atoms with Crippen molar-refractivity contribution in [1.82, 2.24) is 0 Å². The first-order chi connectivity index (χ1) is 14.8. The number of carbonyl (C=O) groups is 1. The third-order valence-electron chi connectivity index (χ3n) is 4.26. The Kier molecular flexibility index (Phi) is 7.43. The van der Waals surface area contributed by atoms with Gasteiger partial charge in [0.05, 0.1) is 27.2 Å². The number of ether oxygens (including phenoxy) is 1. The fourth-order valence-corrected chi connectivity index (χ4v) is 4.62. The summed E-state index contributed by atoms with van der Waals surface area (Å²) < 4.78 is 33.5. The van der Waals surface area contributed by atoms with Crippen LogP contribution in [0.25, 0.3) is 0 Å². The molecule has 1 amide bonds. The summed E-state index contributed by atoms with van der Waals surface area (Å²) in [7, 11) is -4.05. The van der Waals surface area contributed by atoms with E-state index in [0.29, 0.717) is 23.1 Å². The van der Waals surface area contributed by atoms with E-state index < -0.39 is 22.5 Å². The summed E-state index contributed by atoms with van der Waals surface area (Å²) in [5.41, 5.74) is 0.659. The van der Waals surface area contributed by atoms with Crippen LogP contribution < -0.4 is 14.4 Å². The van der Waals surface area contributed by atoms with Crippen LogP contribution in [0.1, 0.15) is 6.92 Å². The van der Waals surface area contributed by atoms with Crippen molar-refractivity contribution >= 4 is 50.5 Å². The molecule has 0 saturated carbocycles. The Labute approximate surface area is 191 Å². The van der Waals surface area contributed by atoms with Crippen LogP contribution in [-0.4, -0.2) is 27.5 Å². The molecule has 0 heterocycles. The number of hydrogen-bond donors (Lipinski definition) is 1. The highest BCUT2D eigenvalue weighted by atomic mass is 35.5. The van der Waals surface area contributed by atoms with Crippen molar-refractivity contribution in [2.45, 2.75) is 11.8 Å². The molecule has 0 bridgehead atoms. The van der Waals surface area contributed by atoms with Gasteiger partial charge < -0.3 is 10.1 Å². The summed E-state index contributed by atoms with van der Waals surface area (Å²) in [5.74, 6) is -0.198. The summed E-state index contributed by atoms with van der Waals surface area (Å²) in [6, 6.07) is 19.2. The van der Waals surface area contributed by atoms with Crippen molar-refractivity contribution in [3.8, 4) is 5.75 Å². The van der Waals surface area contributed by atoms with E-state index in [0.717, 1.165) is 4.31 Å². The van der Waals surface area contributed by atoms with Gasteiger partial charge >= 0.3 is 0 Å². The van der Waals surface area contributed by atoms with Gasteiger partial charge in [0.15, 0.2) is 0 Å². The topological polar surface area (TPSA) is 75.7 Å². The zero-order valence-corrected chi connectivity index (χ0v) is 18.9. The van der Waals surface area contributed by atoms with E-state index in [2.05, 4.69) is 5.32 Å². The molecule has 0 unspecified atom stereocenters. The van der Waals surface area contributed by atoms with Crippen LogP contribution in [0.15, 0.2) is 77.7 Å². The maximum Gasteiger partial charge on any atom is 0.264 e. The largest absolute Gasteiger partial charge is 0.492 e. The lowest BCUT2D eigenvalue weighted by molar-refractivity contribution is -0.114. The SMILES string of the molecule is CCOc1ccccc1N(CC(=O)Nc1ccc(Cl)c(Cl)c1)S(=O)(=O)c1ccccc1. The van der Waals surface area contributed by atoms with Gasteiger partial charge in [-0.05, 0) is 49.4 Å². The van der Waals surface area contributed by atoms with Gasteiger partial charge in [-0.3, -0.25) is 9.10 Å². The molecular weight excluding hydrogens is 459 g/mol. The monoisotopic (exact) mass is 478 g/mol. The van der Waals surface area contributed by atoms with E-state index in [9.17, 15) is 13.2 Å². The van der Waals surface area contributed by atoms with Crippen molar-refractivity contribution in [2.75, 3.05) is 22.8 Å². The average Bonchev–Trinajstić information content (AvgIpc) is 2.76. The smallest absolute Gasteiger partial charge is 0.264 e. The van der Waals surface area contributed by atoms with Crippen LogP contribution in [-0.2, 0) is 14.8 Å². The summed E-state index contributed by atoms with van der Waals surface area (Å²) in [4.78, 5) is 12.9. The molecule has 0 aliphatic carbocycles. The summed E-state index contributed by atoms with van der Waals surface area (Å²) in [6.45, 7) is 1.66. The predicted molar refractivity (Wildman–Crippen MR) is 124 cm³/mol. The second-order valence-corrected chi connectivity index (χ2v) is 9.08. The minimum Gasteiger partial charge on any atom is -0.492 e. The lowest BCUT2D eigenvalue weighted by atomic mass is 10.3. The molecule has 9 heteroatoms. The number of carbonyl (C=O) groups excluding carboxylic acids is 1. The highest BCUT2D eigenvalue weighted by Gasteiger charge is 2.29. The second kappa shape index (κ2) is 10.0. The number of amides is 1. The molecule has 1 N–H and O–H groups in total. The van der Waals surface area contributed by atoms with Crippen LogP contribution in [0.5, 0.6) is 5.75 Å². The van der Waals surface area contributed by atoms with Gasteiger partial charge in [-0.2, -0.15) is 0 Å². The van der Waals surface area contributed by atoms with Gasteiger partial charge in [0.2, 0.25) is 5.91 Å². The van der Waals surface area contributed by atoms with E-state index in [4.69, 9.17) is 27.9 Å². The van der Waals surface area contributed by atoms with Gasteiger partial charge in [-0.25, -0.2) is 8.42 Å². The minimum absolute atomic E-state index is 0.0589. The Morgan fingerprint density at radius 1 is 0.968 bits per heavy atom. The van der Waals surface area contributed by atoms with Crippen molar-refractivity contribution in [3.63, 3.8) is 0 Å². The van der Waals surface area contributed by atoms with E-state index in [1.54, 1.807) is 61.5 Å². The number of nitrogens with zero attached hydrogens (tertiary/aromatic N) is 1. The number of benzene rings is 3. The molecule has 3 aromatic carbocycles. The van der Waals surface area contributed by atoms with Gasteiger partial charge in [-0.15, -0.1) is 0 Å². The molecule has 0 spiro atoms. The maximum atomic E-state index is 13.4. The van der Waals surface area contributed by atoms with Crippen LogP contribution in [0.4, 0.5) is 11.4 Å². The van der Waals surface area contributed by atoms with Crippen molar-refractivity contribution in [3.05, 3.63) is 82.8 Å².